The lowest BCUT2D eigenvalue weighted by atomic mass is 9.99. The highest BCUT2D eigenvalue weighted by Crippen LogP contribution is 2.15. The summed E-state index contributed by atoms with van der Waals surface area (Å²) in [6.07, 6.45) is 3.07. The van der Waals surface area contributed by atoms with Crippen LogP contribution in [0.3, 0.4) is 0 Å². The third-order valence-electron chi connectivity index (χ3n) is 3.89. The third kappa shape index (κ3) is 5.49. The Morgan fingerprint density at radius 1 is 1.26 bits per heavy atom. The second-order valence-corrected chi connectivity index (χ2v) is 6.28. The fraction of sp³-hybridized carbons (Fsp3) is 0.933. The number of piperidine rings is 1. The maximum absolute atomic E-state index is 11.8. The van der Waals surface area contributed by atoms with Crippen molar-refractivity contribution in [3.8, 4) is 0 Å². The molecule has 1 aliphatic heterocycles. The number of ether oxygens (including phenoxy) is 1. The number of methoxy groups -OCH3 is 1. The van der Waals surface area contributed by atoms with Gasteiger partial charge < -0.3 is 15.0 Å². The molecule has 1 N–H and O–H groups in total. The molecule has 1 rings (SSSR count). The second kappa shape index (κ2) is 7.85. The van der Waals surface area contributed by atoms with Gasteiger partial charge in [-0.3, -0.25) is 4.79 Å². The standard InChI is InChI=1S/C15H30N2O2/c1-11(2)10-14(15(18)19-5)16-13-6-8-17(9-7-13)12(3)4/h11-14,16H,6-10H2,1-5H3. The minimum absolute atomic E-state index is 0.125. The summed E-state index contributed by atoms with van der Waals surface area (Å²) in [5.74, 6) is 0.368. The fourth-order valence-corrected chi connectivity index (χ4v) is 2.71. The van der Waals surface area contributed by atoms with Gasteiger partial charge in [-0.2, -0.15) is 0 Å². The van der Waals surface area contributed by atoms with Crippen LogP contribution in [-0.2, 0) is 9.53 Å². The van der Waals surface area contributed by atoms with Crippen LogP contribution in [-0.4, -0.2) is 49.2 Å². The van der Waals surface area contributed by atoms with Crippen molar-refractivity contribution in [1.29, 1.82) is 0 Å². The van der Waals surface area contributed by atoms with Gasteiger partial charge in [-0.15, -0.1) is 0 Å². The molecule has 1 unspecified atom stereocenters. The van der Waals surface area contributed by atoms with E-state index in [-0.39, 0.29) is 12.0 Å². The highest BCUT2D eigenvalue weighted by Gasteiger charge is 2.27. The topological polar surface area (TPSA) is 41.6 Å². The number of hydrogen-bond acceptors (Lipinski definition) is 4. The van der Waals surface area contributed by atoms with E-state index < -0.39 is 0 Å². The lowest BCUT2D eigenvalue weighted by Crippen LogP contribution is -2.50. The minimum atomic E-state index is -0.152. The van der Waals surface area contributed by atoms with Gasteiger partial charge in [0, 0.05) is 12.1 Å². The average molecular weight is 270 g/mol. The molecular formula is C15H30N2O2. The number of carbonyl (C=O) groups is 1. The normalized spacial score (nSPS) is 19.9. The van der Waals surface area contributed by atoms with Crippen LogP contribution in [0.15, 0.2) is 0 Å². The van der Waals surface area contributed by atoms with E-state index in [0.29, 0.717) is 18.0 Å². The molecule has 1 saturated heterocycles. The van der Waals surface area contributed by atoms with Crippen molar-refractivity contribution >= 4 is 5.97 Å². The maximum atomic E-state index is 11.8. The van der Waals surface area contributed by atoms with Crippen LogP contribution in [0.5, 0.6) is 0 Å². The van der Waals surface area contributed by atoms with Crippen molar-refractivity contribution in [2.45, 2.75) is 65.1 Å². The lowest BCUT2D eigenvalue weighted by molar-refractivity contribution is -0.144. The molecule has 0 aromatic heterocycles. The molecule has 4 heteroatoms. The highest BCUT2D eigenvalue weighted by molar-refractivity contribution is 5.75. The molecule has 1 heterocycles. The molecule has 0 aromatic rings. The Bertz CT molecular complexity index is 271. The zero-order chi connectivity index (χ0) is 14.4. The third-order valence-corrected chi connectivity index (χ3v) is 3.89. The summed E-state index contributed by atoms with van der Waals surface area (Å²) in [7, 11) is 1.47. The molecule has 4 nitrogen and oxygen atoms in total. The van der Waals surface area contributed by atoms with Gasteiger partial charge in [0.25, 0.3) is 0 Å². The summed E-state index contributed by atoms with van der Waals surface area (Å²) in [6, 6.07) is 0.909. The Labute approximate surface area is 117 Å². The summed E-state index contributed by atoms with van der Waals surface area (Å²) in [4.78, 5) is 14.3. The van der Waals surface area contributed by atoms with E-state index in [1.165, 1.54) is 7.11 Å². The molecular weight excluding hydrogens is 240 g/mol. The molecule has 1 aliphatic rings. The number of carbonyl (C=O) groups excluding carboxylic acids is 1. The van der Waals surface area contributed by atoms with Crippen LogP contribution in [0.2, 0.25) is 0 Å². The minimum Gasteiger partial charge on any atom is -0.468 e. The van der Waals surface area contributed by atoms with Crippen molar-refractivity contribution in [1.82, 2.24) is 10.2 Å². The van der Waals surface area contributed by atoms with Gasteiger partial charge >= 0.3 is 5.97 Å². The molecule has 0 aliphatic carbocycles. The molecule has 1 atom stereocenters. The molecule has 0 radical (unpaired) electrons. The second-order valence-electron chi connectivity index (χ2n) is 6.28. The highest BCUT2D eigenvalue weighted by atomic mass is 16.5. The van der Waals surface area contributed by atoms with E-state index >= 15 is 0 Å². The molecule has 0 bridgehead atoms. The molecule has 0 aromatic carbocycles. The van der Waals surface area contributed by atoms with Crippen molar-refractivity contribution < 1.29 is 9.53 Å². The summed E-state index contributed by atoms with van der Waals surface area (Å²) < 4.78 is 4.90. The Morgan fingerprint density at radius 3 is 2.26 bits per heavy atom. The first kappa shape index (κ1) is 16.4. The number of hydrogen-bond donors (Lipinski definition) is 1. The Morgan fingerprint density at radius 2 is 1.84 bits per heavy atom. The van der Waals surface area contributed by atoms with E-state index in [9.17, 15) is 4.79 Å². The van der Waals surface area contributed by atoms with Crippen LogP contribution >= 0.6 is 0 Å². The molecule has 0 saturated carbocycles. The first-order valence-corrected chi connectivity index (χ1v) is 7.52. The van der Waals surface area contributed by atoms with Crippen LogP contribution in [0, 0.1) is 5.92 Å². The lowest BCUT2D eigenvalue weighted by Gasteiger charge is -2.36. The number of nitrogens with one attached hydrogen (secondary N) is 1. The largest absolute Gasteiger partial charge is 0.468 e. The SMILES string of the molecule is COC(=O)C(CC(C)C)NC1CCN(C(C)C)CC1. The van der Waals surface area contributed by atoms with Crippen molar-refractivity contribution in [3.63, 3.8) is 0 Å². The predicted octanol–water partition coefficient (Wildman–Crippen LogP) is 2.04. The van der Waals surface area contributed by atoms with Crippen LogP contribution in [0.25, 0.3) is 0 Å². The van der Waals surface area contributed by atoms with Gasteiger partial charge in [-0.25, -0.2) is 0 Å². The Hall–Kier alpha value is -0.610. The van der Waals surface area contributed by atoms with Gasteiger partial charge in [0.1, 0.15) is 6.04 Å². The summed E-state index contributed by atoms with van der Waals surface area (Å²) >= 11 is 0. The Kier molecular flexibility index (Phi) is 6.80. The van der Waals surface area contributed by atoms with Gasteiger partial charge in [-0.05, 0) is 52.1 Å². The number of esters is 1. The molecule has 0 amide bonds. The summed E-state index contributed by atoms with van der Waals surface area (Å²) in [5, 5.41) is 3.50. The molecule has 19 heavy (non-hydrogen) atoms. The van der Waals surface area contributed by atoms with Crippen molar-refractivity contribution in [3.05, 3.63) is 0 Å². The fourth-order valence-electron chi connectivity index (χ4n) is 2.71. The average Bonchev–Trinajstić information content (AvgIpc) is 2.37. The van der Waals surface area contributed by atoms with Crippen LogP contribution in [0.4, 0.5) is 0 Å². The Balaban J connectivity index is 2.45. The summed E-state index contributed by atoms with van der Waals surface area (Å²) in [5.41, 5.74) is 0. The van der Waals surface area contributed by atoms with Gasteiger partial charge in [0.15, 0.2) is 0 Å². The van der Waals surface area contributed by atoms with E-state index in [2.05, 4.69) is 37.9 Å². The number of rotatable bonds is 6. The van der Waals surface area contributed by atoms with Gasteiger partial charge in [0.2, 0.25) is 0 Å². The van der Waals surface area contributed by atoms with Gasteiger partial charge in [0.05, 0.1) is 7.11 Å². The van der Waals surface area contributed by atoms with E-state index in [4.69, 9.17) is 4.74 Å². The van der Waals surface area contributed by atoms with Crippen molar-refractivity contribution in [2.75, 3.05) is 20.2 Å². The zero-order valence-electron chi connectivity index (χ0n) is 13.1. The maximum Gasteiger partial charge on any atom is 0.322 e. The van der Waals surface area contributed by atoms with Gasteiger partial charge in [-0.1, -0.05) is 13.8 Å². The van der Waals surface area contributed by atoms with Crippen molar-refractivity contribution in [2.24, 2.45) is 5.92 Å². The number of nitrogens with zero attached hydrogens (tertiary/aromatic N) is 1. The molecule has 112 valence electrons. The quantitative estimate of drug-likeness (QED) is 0.750. The van der Waals surface area contributed by atoms with Crippen LogP contribution in [0.1, 0.15) is 47.0 Å². The number of likely N-dealkylation sites (tertiary alicyclic amines) is 1. The smallest absolute Gasteiger partial charge is 0.322 e. The first-order chi connectivity index (χ1) is 8.93. The van der Waals surface area contributed by atoms with E-state index in [1.54, 1.807) is 0 Å². The van der Waals surface area contributed by atoms with E-state index in [0.717, 1.165) is 32.4 Å². The monoisotopic (exact) mass is 270 g/mol. The molecule has 0 spiro atoms. The predicted molar refractivity (Wildman–Crippen MR) is 78.1 cm³/mol. The van der Waals surface area contributed by atoms with Crippen LogP contribution < -0.4 is 5.32 Å². The summed E-state index contributed by atoms with van der Waals surface area (Å²) in [6.45, 7) is 11.0. The first-order valence-electron chi connectivity index (χ1n) is 7.52. The zero-order valence-corrected chi connectivity index (χ0v) is 13.1. The van der Waals surface area contributed by atoms with E-state index in [1.807, 2.05) is 0 Å². The molecule has 1 fully saturated rings.